The zero-order valence-electron chi connectivity index (χ0n) is 13.2. The van der Waals surface area contributed by atoms with Gasteiger partial charge in [0.25, 0.3) is 0 Å². The molecular weight excluding hydrogens is 278 g/mol. The Morgan fingerprint density at radius 2 is 1.86 bits per heavy atom. The quantitative estimate of drug-likeness (QED) is 0.570. The molecule has 1 aliphatic heterocycles. The third kappa shape index (κ3) is 4.38. The molecule has 0 bridgehead atoms. The Hall–Kier alpha value is -2.23. The molecule has 0 aromatic heterocycles. The molecule has 1 aromatic carbocycles. The Bertz CT molecular complexity index is 557. The van der Waals surface area contributed by atoms with Crippen LogP contribution in [0.2, 0.25) is 0 Å². The second kappa shape index (κ2) is 8.27. The van der Waals surface area contributed by atoms with Gasteiger partial charge >= 0.3 is 0 Å². The summed E-state index contributed by atoms with van der Waals surface area (Å²) in [5.74, 6) is 1.61. The van der Waals surface area contributed by atoms with E-state index in [2.05, 4.69) is 13.8 Å². The van der Waals surface area contributed by atoms with Crippen LogP contribution in [0.25, 0.3) is 6.08 Å². The summed E-state index contributed by atoms with van der Waals surface area (Å²) in [5, 5.41) is 0. The molecule has 0 spiro atoms. The summed E-state index contributed by atoms with van der Waals surface area (Å²) in [6.45, 7) is 6.06. The van der Waals surface area contributed by atoms with Crippen molar-refractivity contribution in [2.24, 2.45) is 0 Å². The van der Waals surface area contributed by atoms with E-state index in [-0.39, 0.29) is 12.7 Å². The Morgan fingerprint density at radius 3 is 2.59 bits per heavy atom. The summed E-state index contributed by atoms with van der Waals surface area (Å²) in [5.41, 5.74) is 1.01. The lowest BCUT2D eigenvalue weighted by atomic mass is 10.2. The number of rotatable bonds is 7. The number of amides is 1. The van der Waals surface area contributed by atoms with Crippen molar-refractivity contribution in [1.82, 2.24) is 4.90 Å². The minimum Gasteiger partial charge on any atom is -0.454 e. The molecule has 1 aliphatic rings. The van der Waals surface area contributed by atoms with Crippen molar-refractivity contribution in [3.8, 4) is 11.5 Å². The number of benzene rings is 1. The van der Waals surface area contributed by atoms with Crippen molar-refractivity contribution in [2.45, 2.75) is 26.7 Å². The second-order valence-electron chi connectivity index (χ2n) is 5.16. The second-order valence-corrected chi connectivity index (χ2v) is 5.16. The summed E-state index contributed by atoms with van der Waals surface area (Å²) in [6, 6.07) is 5.77. The highest BCUT2D eigenvalue weighted by Crippen LogP contribution is 2.32. The molecule has 4 heteroatoms. The van der Waals surface area contributed by atoms with Gasteiger partial charge in [-0.05, 0) is 30.5 Å². The molecule has 0 unspecified atom stereocenters. The van der Waals surface area contributed by atoms with Crippen molar-refractivity contribution in [3.05, 3.63) is 42.0 Å². The molecule has 0 N–H and O–H groups in total. The van der Waals surface area contributed by atoms with Gasteiger partial charge in [0.05, 0.1) is 0 Å². The Morgan fingerprint density at radius 1 is 1.14 bits per heavy atom. The van der Waals surface area contributed by atoms with Crippen LogP contribution in [0.15, 0.2) is 36.4 Å². The van der Waals surface area contributed by atoms with Gasteiger partial charge in [0.2, 0.25) is 12.7 Å². The highest BCUT2D eigenvalue weighted by molar-refractivity contribution is 5.88. The van der Waals surface area contributed by atoms with Crippen LogP contribution in [0.1, 0.15) is 32.3 Å². The van der Waals surface area contributed by atoms with Gasteiger partial charge in [-0.2, -0.15) is 0 Å². The molecule has 118 valence electrons. The van der Waals surface area contributed by atoms with Crippen LogP contribution in [0, 0.1) is 0 Å². The van der Waals surface area contributed by atoms with Gasteiger partial charge in [0.1, 0.15) is 0 Å². The zero-order valence-corrected chi connectivity index (χ0v) is 13.2. The number of nitrogens with zero attached hydrogens (tertiary/aromatic N) is 1. The van der Waals surface area contributed by atoms with E-state index in [4.69, 9.17) is 9.47 Å². The Labute approximate surface area is 132 Å². The maximum absolute atomic E-state index is 12.1. The minimum atomic E-state index is 0.0686. The van der Waals surface area contributed by atoms with Gasteiger partial charge in [0.15, 0.2) is 11.5 Å². The van der Waals surface area contributed by atoms with Crippen molar-refractivity contribution in [2.75, 3.05) is 19.9 Å². The van der Waals surface area contributed by atoms with Gasteiger partial charge in [-0.3, -0.25) is 4.79 Å². The van der Waals surface area contributed by atoms with Gasteiger partial charge in [0, 0.05) is 19.2 Å². The number of carbonyl (C=O) groups excluding carboxylic acids is 1. The first kappa shape index (κ1) is 16.1. The molecule has 0 atom stereocenters. The van der Waals surface area contributed by atoms with Gasteiger partial charge in [-0.25, -0.2) is 0 Å². The van der Waals surface area contributed by atoms with Crippen LogP contribution in [-0.2, 0) is 4.79 Å². The van der Waals surface area contributed by atoms with Crippen LogP contribution in [0.4, 0.5) is 0 Å². The van der Waals surface area contributed by atoms with E-state index >= 15 is 0 Å². The zero-order chi connectivity index (χ0) is 15.8. The van der Waals surface area contributed by atoms with Crippen LogP contribution < -0.4 is 9.47 Å². The van der Waals surface area contributed by atoms with Crippen molar-refractivity contribution in [1.29, 1.82) is 0 Å². The topological polar surface area (TPSA) is 38.8 Å². The average Bonchev–Trinajstić information content (AvgIpc) is 2.98. The lowest BCUT2D eigenvalue weighted by Gasteiger charge is -2.19. The summed E-state index contributed by atoms with van der Waals surface area (Å²) >= 11 is 0. The highest BCUT2D eigenvalue weighted by Gasteiger charge is 2.12. The normalized spacial score (nSPS) is 13.2. The monoisotopic (exact) mass is 301 g/mol. The summed E-state index contributed by atoms with van der Waals surface area (Å²) in [4.78, 5) is 13.9. The molecule has 0 saturated carbocycles. The summed E-state index contributed by atoms with van der Waals surface area (Å²) in [6.07, 6.45) is 9.17. The molecule has 1 heterocycles. The van der Waals surface area contributed by atoms with Crippen LogP contribution >= 0.6 is 0 Å². The first-order valence-corrected chi connectivity index (χ1v) is 7.78. The predicted octanol–water partition coefficient (Wildman–Crippen LogP) is 3.63. The molecule has 0 saturated heterocycles. The number of carbonyl (C=O) groups is 1. The highest BCUT2D eigenvalue weighted by atomic mass is 16.7. The Kier molecular flexibility index (Phi) is 6.07. The SMILES string of the molecule is CCCN(CCC)C(=O)/C=C/C=C/c1ccc2c(c1)OCO2. The molecular formula is C18H23NO3. The molecule has 2 rings (SSSR count). The van der Waals surface area contributed by atoms with E-state index < -0.39 is 0 Å². The number of hydrogen-bond acceptors (Lipinski definition) is 3. The van der Waals surface area contributed by atoms with Gasteiger partial charge in [-0.15, -0.1) is 0 Å². The van der Waals surface area contributed by atoms with Crippen molar-refractivity contribution < 1.29 is 14.3 Å². The van der Waals surface area contributed by atoms with Crippen LogP contribution in [0.5, 0.6) is 11.5 Å². The lowest BCUT2D eigenvalue weighted by Crippen LogP contribution is -2.30. The smallest absolute Gasteiger partial charge is 0.246 e. The van der Waals surface area contributed by atoms with Crippen molar-refractivity contribution in [3.63, 3.8) is 0 Å². The molecule has 4 nitrogen and oxygen atoms in total. The number of ether oxygens (including phenoxy) is 2. The molecule has 0 radical (unpaired) electrons. The lowest BCUT2D eigenvalue weighted by molar-refractivity contribution is -0.126. The maximum atomic E-state index is 12.1. The number of hydrogen-bond donors (Lipinski definition) is 0. The van der Waals surface area contributed by atoms with Crippen molar-refractivity contribution >= 4 is 12.0 Å². The van der Waals surface area contributed by atoms with Gasteiger partial charge < -0.3 is 14.4 Å². The first-order chi connectivity index (χ1) is 10.7. The maximum Gasteiger partial charge on any atom is 0.246 e. The fraction of sp³-hybridized carbons (Fsp3) is 0.389. The van der Waals surface area contributed by atoms with E-state index in [1.165, 1.54) is 0 Å². The fourth-order valence-electron chi connectivity index (χ4n) is 2.30. The van der Waals surface area contributed by atoms with E-state index in [9.17, 15) is 4.79 Å². The van der Waals surface area contributed by atoms with E-state index in [0.29, 0.717) is 0 Å². The molecule has 1 aromatic rings. The largest absolute Gasteiger partial charge is 0.454 e. The standard InChI is InChI=1S/C18H23NO3/c1-3-11-19(12-4-2)18(20)8-6-5-7-15-9-10-16-17(13-15)22-14-21-16/h5-10,13H,3-4,11-12,14H2,1-2H3/b7-5+,8-6+. The van der Waals surface area contributed by atoms with E-state index in [1.807, 2.05) is 35.3 Å². The fourth-order valence-corrected chi connectivity index (χ4v) is 2.30. The Balaban J connectivity index is 1.92. The third-order valence-electron chi connectivity index (χ3n) is 3.33. The summed E-state index contributed by atoms with van der Waals surface area (Å²) < 4.78 is 10.6. The van der Waals surface area contributed by atoms with E-state index in [1.54, 1.807) is 12.2 Å². The van der Waals surface area contributed by atoms with E-state index in [0.717, 1.165) is 43.0 Å². The third-order valence-corrected chi connectivity index (χ3v) is 3.33. The number of allylic oxidation sites excluding steroid dienone is 2. The van der Waals surface area contributed by atoms with Gasteiger partial charge in [-0.1, -0.05) is 38.1 Å². The van der Waals surface area contributed by atoms with Crippen LogP contribution in [-0.4, -0.2) is 30.7 Å². The summed E-state index contributed by atoms with van der Waals surface area (Å²) in [7, 11) is 0. The molecule has 0 fully saturated rings. The molecule has 1 amide bonds. The molecule has 22 heavy (non-hydrogen) atoms. The molecule has 0 aliphatic carbocycles. The number of fused-ring (bicyclic) bond motifs is 1. The average molecular weight is 301 g/mol. The minimum absolute atomic E-state index is 0.0686. The predicted molar refractivity (Wildman–Crippen MR) is 87.9 cm³/mol. The van der Waals surface area contributed by atoms with Crippen LogP contribution in [0.3, 0.4) is 0 Å². The first-order valence-electron chi connectivity index (χ1n) is 7.78.